The molecule has 0 bridgehead atoms. The molecule has 0 spiro atoms. The number of hydrogen-bond acceptors (Lipinski definition) is 2. The number of nitriles is 1. The van der Waals surface area contributed by atoms with Crippen LogP contribution in [0.3, 0.4) is 0 Å². The highest BCUT2D eigenvalue weighted by molar-refractivity contribution is 8.50. The zero-order valence-corrected chi connectivity index (χ0v) is 14.8. The van der Waals surface area contributed by atoms with Crippen LogP contribution in [0, 0.1) is 11.3 Å². The average molecular weight is 320 g/mol. The van der Waals surface area contributed by atoms with Crippen molar-refractivity contribution < 1.29 is 0 Å². The molecule has 0 saturated carbocycles. The van der Waals surface area contributed by atoms with Gasteiger partial charge in [-0.25, -0.2) is 0 Å². The summed E-state index contributed by atoms with van der Waals surface area (Å²) in [6, 6.07) is 2.23. The van der Waals surface area contributed by atoms with Crippen molar-refractivity contribution >= 4 is 39.3 Å². The molecule has 112 valence electrons. The minimum absolute atomic E-state index is 0.420. The first-order valence-electron chi connectivity index (χ1n) is 7.57. The lowest BCUT2D eigenvalue weighted by molar-refractivity contribution is 0.563. The van der Waals surface area contributed by atoms with E-state index < -0.39 is 10.9 Å². The van der Waals surface area contributed by atoms with E-state index in [4.69, 9.17) is 17.5 Å². The molecule has 0 aliphatic carbocycles. The van der Waals surface area contributed by atoms with Crippen molar-refractivity contribution in [2.24, 2.45) is 0 Å². The van der Waals surface area contributed by atoms with Crippen molar-refractivity contribution in [2.45, 2.75) is 71.1 Å². The Hall–Kier alpha value is 0.280. The van der Waals surface area contributed by atoms with Gasteiger partial charge in [0.05, 0.1) is 15.4 Å². The van der Waals surface area contributed by atoms with E-state index in [9.17, 15) is 0 Å². The van der Waals surface area contributed by atoms with Gasteiger partial charge in [0.25, 0.3) is 0 Å². The van der Waals surface area contributed by atoms with Crippen molar-refractivity contribution in [1.82, 2.24) is 0 Å². The normalized spacial score (nSPS) is 13.0. The molecule has 1 atom stereocenters. The van der Waals surface area contributed by atoms with Gasteiger partial charge in [0.1, 0.15) is 0 Å². The van der Waals surface area contributed by atoms with Gasteiger partial charge in [-0.3, -0.25) is 0 Å². The minimum Gasteiger partial charge on any atom is -0.198 e. The Kier molecular flexibility index (Phi) is 14.9. The summed E-state index contributed by atoms with van der Waals surface area (Å²) < 4.78 is 0.771. The third-order valence-corrected chi connectivity index (χ3v) is 6.86. The van der Waals surface area contributed by atoms with Gasteiger partial charge in [-0.1, -0.05) is 76.9 Å². The van der Waals surface area contributed by atoms with E-state index in [-0.39, 0.29) is 0 Å². The second-order valence-electron chi connectivity index (χ2n) is 5.04. The topological polar surface area (TPSA) is 23.8 Å². The summed E-state index contributed by atoms with van der Waals surface area (Å²) in [5, 5.41) is 8.72. The number of unbranched alkanes of at least 4 members (excludes halogenated alkanes) is 9. The van der Waals surface area contributed by atoms with E-state index in [1.54, 1.807) is 0 Å². The number of nitrogens with zero attached hydrogens (tertiary/aromatic N) is 1. The Labute approximate surface area is 133 Å². The summed E-state index contributed by atoms with van der Waals surface area (Å²) in [5.41, 5.74) is 0. The fourth-order valence-electron chi connectivity index (χ4n) is 2.12. The molecule has 0 rings (SSSR count). The van der Waals surface area contributed by atoms with Gasteiger partial charge in [0.2, 0.25) is 0 Å². The van der Waals surface area contributed by atoms with Crippen molar-refractivity contribution in [2.75, 3.05) is 11.5 Å². The molecule has 0 fully saturated rings. The molecule has 0 aromatic carbocycles. The fourth-order valence-corrected chi connectivity index (χ4v) is 4.36. The molecule has 0 aliphatic heterocycles. The van der Waals surface area contributed by atoms with Crippen LogP contribution >= 0.6 is 35.7 Å². The standard InChI is InChI=1S/C15H29NS3/c1-2-3-4-5-6-7-8-9-10-11-13-19(14-12-16)15(17)18/h19H,2-11,13-14H2,1H3,(H,17,18). The van der Waals surface area contributed by atoms with Crippen molar-refractivity contribution in [1.29, 1.82) is 5.26 Å². The average Bonchev–Trinajstić information content (AvgIpc) is 2.39. The van der Waals surface area contributed by atoms with Crippen molar-refractivity contribution in [3.05, 3.63) is 0 Å². The lowest BCUT2D eigenvalue weighted by Crippen LogP contribution is -1.98. The molecule has 19 heavy (non-hydrogen) atoms. The third-order valence-electron chi connectivity index (χ3n) is 3.31. The van der Waals surface area contributed by atoms with Crippen LogP contribution in [0.2, 0.25) is 0 Å². The van der Waals surface area contributed by atoms with Gasteiger partial charge in [-0.15, -0.1) is 12.6 Å². The Morgan fingerprint density at radius 3 is 1.89 bits per heavy atom. The SMILES string of the molecule is CCCCCCCCCCCC[SH](CC#N)C(=S)S. The highest BCUT2D eigenvalue weighted by Crippen LogP contribution is 2.30. The Morgan fingerprint density at radius 2 is 1.47 bits per heavy atom. The van der Waals surface area contributed by atoms with Crippen molar-refractivity contribution in [3.63, 3.8) is 0 Å². The van der Waals surface area contributed by atoms with Crippen molar-refractivity contribution in [3.8, 4) is 6.07 Å². The zero-order chi connectivity index (χ0) is 14.3. The van der Waals surface area contributed by atoms with E-state index in [0.717, 1.165) is 9.28 Å². The molecule has 0 radical (unpaired) electrons. The quantitative estimate of drug-likeness (QED) is 0.276. The van der Waals surface area contributed by atoms with Crippen LogP contribution in [0.15, 0.2) is 0 Å². The van der Waals surface area contributed by atoms with E-state index in [2.05, 4.69) is 25.6 Å². The lowest BCUT2D eigenvalue weighted by Gasteiger charge is -2.15. The number of thiol groups is 2. The summed E-state index contributed by atoms with van der Waals surface area (Å²) >= 11 is 9.33. The van der Waals surface area contributed by atoms with Crippen LogP contribution < -0.4 is 0 Å². The van der Waals surface area contributed by atoms with Gasteiger partial charge >= 0.3 is 0 Å². The molecule has 0 heterocycles. The molecule has 1 nitrogen and oxygen atoms in total. The molecular weight excluding hydrogens is 290 g/mol. The van der Waals surface area contributed by atoms with Crippen LogP contribution in [-0.2, 0) is 0 Å². The summed E-state index contributed by atoms with van der Waals surface area (Å²) in [6.45, 7) is 2.26. The molecule has 0 N–H and O–H groups in total. The van der Waals surface area contributed by atoms with Gasteiger partial charge < -0.3 is 0 Å². The first-order valence-corrected chi connectivity index (χ1v) is 10.1. The van der Waals surface area contributed by atoms with Crippen LogP contribution in [0.5, 0.6) is 0 Å². The maximum atomic E-state index is 8.72. The Morgan fingerprint density at radius 1 is 1.00 bits per heavy atom. The number of thiocarbonyl (C=S) groups is 1. The van der Waals surface area contributed by atoms with E-state index in [1.807, 2.05) is 0 Å². The smallest absolute Gasteiger partial charge is 0.0820 e. The highest BCUT2D eigenvalue weighted by atomic mass is 32.3. The molecule has 0 aromatic rings. The van der Waals surface area contributed by atoms with Gasteiger partial charge in [0, 0.05) is 0 Å². The maximum Gasteiger partial charge on any atom is 0.0820 e. The first-order chi connectivity index (χ1) is 9.22. The fraction of sp³-hybridized carbons (Fsp3) is 0.867. The molecule has 0 amide bonds. The predicted octanol–water partition coefficient (Wildman–Crippen LogP) is 5.65. The van der Waals surface area contributed by atoms with Crippen LogP contribution in [0.4, 0.5) is 0 Å². The van der Waals surface area contributed by atoms with Gasteiger partial charge in [0.15, 0.2) is 0 Å². The van der Waals surface area contributed by atoms with Gasteiger partial charge in [-0.05, 0) is 12.2 Å². The Bertz CT molecular complexity index is 261. The predicted molar refractivity (Wildman–Crippen MR) is 97.8 cm³/mol. The van der Waals surface area contributed by atoms with Crippen LogP contribution in [0.1, 0.15) is 71.1 Å². The number of rotatable bonds is 12. The molecule has 0 aromatic heterocycles. The highest BCUT2D eigenvalue weighted by Gasteiger charge is 2.05. The summed E-state index contributed by atoms with van der Waals surface area (Å²) in [4.78, 5) is 0. The largest absolute Gasteiger partial charge is 0.198 e. The summed E-state index contributed by atoms with van der Waals surface area (Å²) in [6.07, 6.45) is 13.5. The van der Waals surface area contributed by atoms with E-state index in [1.165, 1.54) is 64.2 Å². The molecule has 0 saturated heterocycles. The number of hydrogen-bond donors (Lipinski definition) is 2. The first kappa shape index (κ1) is 19.3. The molecule has 1 unspecified atom stereocenters. The Balaban J connectivity index is 3.30. The molecular formula is C15H29NS3. The second kappa shape index (κ2) is 14.7. The summed E-state index contributed by atoms with van der Waals surface area (Å²) in [7, 11) is -0.420. The second-order valence-corrected chi connectivity index (χ2v) is 9.15. The van der Waals surface area contributed by atoms with Crippen LogP contribution in [-0.4, -0.2) is 15.0 Å². The minimum atomic E-state index is -0.420. The lowest BCUT2D eigenvalue weighted by atomic mass is 10.1. The zero-order valence-electron chi connectivity index (χ0n) is 12.2. The maximum absolute atomic E-state index is 8.72. The van der Waals surface area contributed by atoms with E-state index in [0.29, 0.717) is 5.75 Å². The monoisotopic (exact) mass is 319 g/mol. The third kappa shape index (κ3) is 13.0. The van der Waals surface area contributed by atoms with Crippen LogP contribution in [0.25, 0.3) is 0 Å². The van der Waals surface area contributed by atoms with Gasteiger partial charge in [-0.2, -0.15) is 16.2 Å². The van der Waals surface area contributed by atoms with E-state index >= 15 is 0 Å². The molecule has 4 heteroatoms. The summed E-state index contributed by atoms with van der Waals surface area (Å²) in [5.74, 6) is 1.69. The molecule has 0 aliphatic rings.